The van der Waals surface area contributed by atoms with Crippen LogP contribution in [-0.2, 0) is 0 Å². The van der Waals surface area contributed by atoms with Crippen molar-refractivity contribution in [2.45, 2.75) is 11.8 Å². The van der Waals surface area contributed by atoms with Crippen LogP contribution in [0.2, 0.25) is 0 Å². The van der Waals surface area contributed by atoms with Gasteiger partial charge in [0.25, 0.3) is 0 Å². The summed E-state index contributed by atoms with van der Waals surface area (Å²) >= 11 is 1.61. The van der Waals surface area contributed by atoms with E-state index >= 15 is 0 Å². The van der Waals surface area contributed by atoms with Crippen molar-refractivity contribution >= 4 is 29.0 Å². The fourth-order valence-corrected chi connectivity index (χ4v) is 2.92. The molecule has 0 bridgehead atoms. The van der Waals surface area contributed by atoms with Gasteiger partial charge in [0.1, 0.15) is 5.84 Å². The number of anilines is 2. The molecule has 20 heavy (non-hydrogen) atoms. The van der Waals surface area contributed by atoms with Crippen LogP contribution in [0.15, 0.2) is 53.4 Å². The second kappa shape index (κ2) is 6.48. The maximum Gasteiger partial charge on any atom is 0.126 e. The van der Waals surface area contributed by atoms with E-state index in [9.17, 15) is 0 Å². The second-order valence-electron chi connectivity index (χ2n) is 4.35. The summed E-state index contributed by atoms with van der Waals surface area (Å²) in [7, 11) is 0. The Kier molecular flexibility index (Phi) is 4.69. The molecule has 3 N–H and O–H groups in total. The van der Waals surface area contributed by atoms with Crippen LogP contribution in [0.25, 0.3) is 0 Å². The summed E-state index contributed by atoms with van der Waals surface area (Å²) in [6, 6.07) is 16.2. The summed E-state index contributed by atoms with van der Waals surface area (Å²) in [4.78, 5) is 3.21. The molecule has 0 amide bonds. The summed E-state index contributed by atoms with van der Waals surface area (Å²) < 4.78 is 0. The number of nitrogen functional groups attached to an aromatic ring is 1. The fraction of sp³-hybridized carbons (Fsp3) is 0.188. The molecule has 0 aliphatic heterocycles. The molecule has 2 aromatic rings. The number of nitrogens with zero attached hydrogens (tertiary/aromatic N) is 1. The second-order valence-corrected chi connectivity index (χ2v) is 5.20. The Balaban J connectivity index is 2.58. The van der Waals surface area contributed by atoms with Crippen molar-refractivity contribution in [1.29, 1.82) is 5.41 Å². The SMILES string of the molecule is CCN(c1ccccc1)c1cccc(SC)c1C(=N)N. The van der Waals surface area contributed by atoms with Gasteiger partial charge in [-0.05, 0) is 37.4 Å². The lowest BCUT2D eigenvalue weighted by Gasteiger charge is -2.26. The van der Waals surface area contributed by atoms with Crippen LogP contribution < -0.4 is 10.6 Å². The molecule has 3 nitrogen and oxygen atoms in total. The molecule has 0 aliphatic rings. The third-order valence-electron chi connectivity index (χ3n) is 3.17. The number of hydrogen-bond acceptors (Lipinski definition) is 3. The average molecular weight is 285 g/mol. The smallest absolute Gasteiger partial charge is 0.126 e. The Hall–Kier alpha value is -1.94. The Bertz CT molecular complexity index is 596. The maximum absolute atomic E-state index is 7.89. The zero-order valence-corrected chi connectivity index (χ0v) is 12.6. The molecule has 0 radical (unpaired) electrons. The van der Waals surface area contributed by atoms with Gasteiger partial charge in [-0.2, -0.15) is 0 Å². The highest BCUT2D eigenvalue weighted by atomic mass is 32.2. The van der Waals surface area contributed by atoms with Crippen LogP contribution in [0.1, 0.15) is 12.5 Å². The summed E-state index contributed by atoms with van der Waals surface area (Å²) in [6.07, 6.45) is 2.00. The van der Waals surface area contributed by atoms with Crippen LogP contribution in [0.3, 0.4) is 0 Å². The molecule has 0 saturated carbocycles. The first kappa shape index (κ1) is 14.5. The van der Waals surface area contributed by atoms with E-state index in [1.165, 1.54) is 0 Å². The fourth-order valence-electron chi connectivity index (χ4n) is 2.29. The quantitative estimate of drug-likeness (QED) is 0.498. The predicted molar refractivity (Wildman–Crippen MR) is 88.4 cm³/mol. The van der Waals surface area contributed by atoms with Crippen molar-refractivity contribution in [3.05, 3.63) is 54.1 Å². The van der Waals surface area contributed by atoms with E-state index in [0.29, 0.717) is 0 Å². The van der Waals surface area contributed by atoms with Gasteiger partial charge in [-0.25, -0.2) is 0 Å². The Morgan fingerprint density at radius 3 is 2.40 bits per heavy atom. The summed E-state index contributed by atoms with van der Waals surface area (Å²) in [6.45, 7) is 2.92. The number of para-hydroxylation sites is 1. The van der Waals surface area contributed by atoms with E-state index in [4.69, 9.17) is 11.1 Å². The van der Waals surface area contributed by atoms with Crippen molar-refractivity contribution in [2.75, 3.05) is 17.7 Å². The highest BCUT2D eigenvalue weighted by Crippen LogP contribution is 2.33. The molecule has 2 aromatic carbocycles. The van der Waals surface area contributed by atoms with Crippen LogP contribution in [-0.4, -0.2) is 18.6 Å². The predicted octanol–water partition coefficient (Wildman–Crippen LogP) is 3.85. The summed E-state index contributed by atoms with van der Waals surface area (Å²) in [5.41, 5.74) is 8.71. The molecule has 0 fully saturated rings. The van der Waals surface area contributed by atoms with E-state index in [1.807, 2.05) is 42.7 Å². The van der Waals surface area contributed by atoms with Crippen LogP contribution in [0.4, 0.5) is 11.4 Å². The lowest BCUT2D eigenvalue weighted by Crippen LogP contribution is -2.22. The van der Waals surface area contributed by atoms with E-state index in [2.05, 4.69) is 24.0 Å². The molecule has 2 rings (SSSR count). The molecular weight excluding hydrogens is 266 g/mol. The van der Waals surface area contributed by atoms with Gasteiger partial charge in [-0.1, -0.05) is 24.3 Å². The Morgan fingerprint density at radius 2 is 1.85 bits per heavy atom. The van der Waals surface area contributed by atoms with Crippen molar-refractivity contribution in [3.8, 4) is 0 Å². The van der Waals surface area contributed by atoms with Crippen LogP contribution in [0.5, 0.6) is 0 Å². The maximum atomic E-state index is 7.89. The summed E-state index contributed by atoms with van der Waals surface area (Å²) in [5.74, 6) is 0.110. The zero-order valence-electron chi connectivity index (χ0n) is 11.8. The first-order valence-corrected chi connectivity index (χ1v) is 7.75. The summed E-state index contributed by atoms with van der Waals surface area (Å²) in [5, 5.41) is 7.89. The first-order valence-electron chi connectivity index (χ1n) is 6.53. The third-order valence-corrected chi connectivity index (χ3v) is 3.95. The van der Waals surface area contributed by atoms with Gasteiger partial charge < -0.3 is 10.6 Å². The lowest BCUT2D eigenvalue weighted by molar-refractivity contribution is 1.02. The zero-order chi connectivity index (χ0) is 14.5. The van der Waals surface area contributed by atoms with Crippen LogP contribution in [0, 0.1) is 5.41 Å². The number of hydrogen-bond donors (Lipinski definition) is 2. The molecule has 0 atom stereocenters. The van der Waals surface area contributed by atoms with Gasteiger partial charge in [-0.15, -0.1) is 11.8 Å². The van der Waals surface area contributed by atoms with Crippen molar-refractivity contribution in [2.24, 2.45) is 5.73 Å². The standard InChI is InChI=1S/C16H19N3S/c1-3-19(12-8-5-4-6-9-12)13-10-7-11-14(20-2)15(13)16(17)18/h4-11H,3H2,1-2H3,(H3,17,18). The number of nitrogens with one attached hydrogen (secondary N) is 1. The highest BCUT2D eigenvalue weighted by molar-refractivity contribution is 7.98. The first-order chi connectivity index (χ1) is 9.69. The molecule has 0 aromatic heterocycles. The molecule has 0 spiro atoms. The molecular formula is C16H19N3S. The Labute approximate surface area is 124 Å². The van der Waals surface area contributed by atoms with E-state index in [1.54, 1.807) is 11.8 Å². The van der Waals surface area contributed by atoms with Gasteiger partial charge in [0.05, 0.1) is 11.3 Å². The van der Waals surface area contributed by atoms with E-state index in [-0.39, 0.29) is 5.84 Å². The molecule has 0 aliphatic carbocycles. The molecule has 0 saturated heterocycles. The minimum atomic E-state index is 0.110. The Morgan fingerprint density at radius 1 is 1.15 bits per heavy atom. The number of thioether (sulfide) groups is 1. The molecule has 104 valence electrons. The van der Waals surface area contributed by atoms with Crippen molar-refractivity contribution < 1.29 is 0 Å². The minimum absolute atomic E-state index is 0.110. The average Bonchev–Trinajstić information content (AvgIpc) is 2.48. The van der Waals surface area contributed by atoms with E-state index < -0.39 is 0 Å². The normalized spacial score (nSPS) is 10.3. The lowest BCUT2D eigenvalue weighted by atomic mass is 10.1. The topological polar surface area (TPSA) is 53.1 Å². The van der Waals surface area contributed by atoms with Crippen molar-refractivity contribution in [3.63, 3.8) is 0 Å². The third kappa shape index (κ3) is 2.80. The highest BCUT2D eigenvalue weighted by Gasteiger charge is 2.16. The monoisotopic (exact) mass is 285 g/mol. The number of rotatable bonds is 5. The molecule has 0 unspecified atom stereocenters. The van der Waals surface area contributed by atoms with Crippen molar-refractivity contribution in [1.82, 2.24) is 0 Å². The molecule has 0 heterocycles. The number of benzene rings is 2. The van der Waals surface area contributed by atoms with Gasteiger partial charge in [0, 0.05) is 17.1 Å². The van der Waals surface area contributed by atoms with E-state index in [0.717, 1.165) is 28.4 Å². The molecule has 4 heteroatoms. The van der Waals surface area contributed by atoms with Gasteiger partial charge in [0.15, 0.2) is 0 Å². The van der Waals surface area contributed by atoms with Gasteiger partial charge in [-0.3, -0.25) is 5.41 Å². The minimum Gasteiger partial charge on any atom is -0.384 e. The van der Waals surface area contributed by atoms with Crippen LogP contribution >= 0.6 is 11.8 Å². The largest absolute Gasteiger partial charge is 0.384 e. The van der Waals surface area contributed by atoms with Gasteiger partial charge in [0.2, 0.25) is 0 Å². The number of nitrogens with two attached hydrogens (primary N) is 1. The van der Waals surface area contributed by atoms with Gasteiger partial charge >= 0.3 is 0 Å². The number of amidine groups is 1.